The Kier molecular flexibility index (Phi) is 5.32. The van der Waals surface area contributed by atoms with Gasteiger partial charge in [0.05, 0.1) is 27.0 Å². The number of nitrogens with zero attached hydrogens (tertiary/aromatic N) is 2. The molecule has 1 heterocycles. The third kappa shape index (κ3) is 4.19. The van der Waals surface area contributed by atoms with Gasteiger partial charge in [0.25, 0.3) is 5.91 Å². The van der Waals surface area contributed by atoms with Crippen molar-refractivity contribution >= 4 is 56.1 Å². The Morgan fingerprint density at radius 2 is 1.86 bits per heavy atom. The highest BCUT2D eigenvalue weighted by atomic mass is 35.5. The Morgan fingerprint density at radius 3 is 2.71 bits per heavy atom. The van der Waals surface area contributed by atoms with Crippen LogP contribution in [0.2, 0.25) is 5.02 Å². The molecule has 0 aliphatic heterocycles. The molecule has 0 unspecified atom stereocenters. The summed E-state index contributed by atoms with van der Waals surface area (Å²) in [5.41, 5.74) is 5.82. The fourth-order valence-corrected chi connectivity index (χ4v) is 3.66. The van der Waals surface area contributed by atoms with Crippen LogP contribution in [0.15, 0.2) is 77.9 Å². The standard InChI is InChI=1S/C21H15ClN4OS/c22-17-9-2-1-8-16(17)20(27)24-15-7-5-6-14(12-15)13-23-26-21-25-18-10-3-4-11-19(18)28-21/h1-13H,(H,24,27)(H,25,26)/b23-13+. The second kappa shape index (κ2) is 8.21. The maximum absolute atomic E-state index is 12.4. The van der Waals surface area contributed by atoms with E-state index in [2.05, 4.69) is 20.8 Å². The topological polar surface area (TPSA) is 66.4 Å². The highest BCUT2D eigenvalue weighted by Gasteiger charge is 2.09. The number of para-hydroxylation sites is 1. The molecule has 0 aliphatic carbocycles. The molecule has 0 bridgehead atoms. The number of hydrazone groups is 1. The molecule has 28 heavy (non-hydrogen) atoms. The second-order valence-corrected chi connectivity index (χ2v) is 7.35. The fourth-order valence-electron chi connectivity index (χ4n) is 2.62. The first-order chi connectivity index (χ1) is 13.7. The number of carbonyl (C=O) groups excluding carboxylic acids is 1. The lowest BCUT2D eigenvalue weighted by atomic mass is 10.2. The Balaban J connectivity index is 1.44. The average molecular weight is 407 g/mol. The molecule has 1 amide bonds. The molecule has 4 aromatic rings. The van der Waals surface area contributed by atoms with Crippen LogP contribution in [0.4, 0.5) is 10.8 Å². The highest BCUT2D eigenvalue weighted by molar-refractivity contribution is 7.22. The van der Waals surface area contributed by atoms with E-state index in [9.17, 15) is 4.79 Å². The smallest absolute Gasteiger partial charge is 0.257 e. The van der Waals surface area contributed by atoms with E-state index in [-0.39, 0.29) is 5.91 Å². The molecule has 0 aliphatic rings. The maximum Gasteiger partial charge on any atom is 0.257 e. The Morgan fingerprint density at radius 1 is 1.04 bits per heavy atom. The number of nitrogens with one attached hydrogen (secondary N) is 2. The van der Waals surface area contributed by atoms with Gasteiger partial charge in [-0.15, -0.1) is 0 Å². The van der Waals surface area contributed by atoms with Gasteiger partial charge in [-0.1, -0.05) is 59.3 Å². The molecule has 3 aromatic carbocycles. The number of thiazole rings is 1. The van der Waals surface area contributed by atoms with Gasteiger partial charge in [-0.05, 0) is 42.0 Å². The van der Waals surface area contributed by atoms with Gasteiger partial charge >= 0.3 is 0 Å². The average Bonchev–Trinajstić information content (AvgIpc) is 3.11. The number of anilines is 2. The SMILES string of the molecule is O=C(Nc1cccc(/C=N/Nc2nc3ccccc3s2)c1)c1ccccc1Cl. The van der Waals surface area contributed by atoms with E-state index < -0.39 is 0 Å². The molecule has 2 N–H and O–H groups in total. The zero-order chi connectivity index (χ0) is 19.3. The van der Waals surface area contributed by atoms with Crippen molar-refractivity contribution in [1.29, 1.82) is 0 Å². The molecule has 138 valence electrons. The van der Waals surface area contributed by atoms with E-state index in [1.54, 1.807) is 30.5 Å². The summed E-state index contributed by atoms with van der Waals surface area (Å²) < 4.78 is 1.10. The van der Waals surface area contributed by atoms with Gasteiger partial charge in [0, 0.05) is 5.69 Å². The number of amides is 1. The van der Waals surface area contributed by atoms with Gasteiger partial charge in [-0.2, -0.15) is 5.10 Å². The molecule has 4 rings (SSSR count). The van der Waals surface area contributed by atoms with Crippen LogP contribution in [0.5, 0.6) is 0 Å². The van der Waals surface area contributed by atoms with Crippen LogP contribution in [0, 0.1) is 0 Å². The van der Waals surface area contributed by atoms with E-state index in [1.165, 1.54) is 11.3 Å². The molecule has 0 radical (unpaired) electrons. The number of fused-ring (bicyclic) bond motifs is 1. The van der Waals surface area contributed by atoms with E-state index >= 15 is 0 Å². The molecule has 1 aromatic heterocycles. The highest BCUT2D eigenvalue weighted by Crippen LogP contribution is 2.25. The van der Waals surface area contributed by atoms with E-state index in [0.717, 1.165) is 20.9 Å². The minimum absolute atomic E-state index is 0.257. The number of rotatable bonds is 5. The summed E-state index contributed by atoms with van der Waals surface area (Å²) in [5.74, 6) is -0.257. The van der Waals surface area contributed by atoms with Crippen molar-refractivity contribution in [1.82, 2.24) is 4.98 Å². The van der Waals surface area contributed by atoms with Crippen molar-refractivity contribution in [3.05, 3.63) is 88.9 Å². The minimum atomic E-state index is -0.257. The first kappa shape index (κ1) is 18.2. The third-order valence-corrected chi connectivity index (χ3v) is 5.20. The second-order valence-electron chi connectivity index (χ2n) is 5.92. The molecule has 0 spiro atoms. The van der Waals surface area contributed by atoms with Gasteiger partial charge in [-0.3, -0.25) is 10.2 Å². The number of carbonyl (C=O) groups is 1. The number of hydrogen-bond acceptors (Lipinski definition) is 5. The lowest BCUT2D eigenvalue weighted by Crippen LogP contribution is -2.12. The molecule has 7 heteroatoms. The molecule has 0 atom stereocenters. The monoisotopic (exact) mass is 406 g/mol. The van der Waals surface area contributed by atoms with Gasteiger partial charge in [0.15, 0.2) is 0 Å². The van der Waals surface area contributed by atoms with Gasteiger partial charge in [0.1, 0.15) is 0 Å². The normalized spacial score (nSPS) is 11.0. The number of hydrogen-bond donors (Lipinski definition) is 2. The lowest BCUT2D eigenvalue weighted by molar-refractivity contribution is 0.102. The first-order valence-electron chi connectivity index (χ1n) is 8.50. The molecular weight excluding hydrogens is 392 g/mol. The van der Waals surface area contributed by atoms with Crippen LogP contribution < -0.4 is 10.7 Å². The molecule has 0 fully saturated rings. The van der Waals surface area contributed by atoms with E-state index in [0.29, 0.717) is 16.3 Å². The van der Waals surface area contributed by atoms with Crippen molar-refractivity contribution < 1.29 is 4.79 Å². The summed E-state index contributed by atoms with van der Waals surface area (Å²) in [5, 5.41) is 8.23. The van der Waals surface area contributed by atoms with Crippen LogP contribution in [0.1, 0.15) is 15.9 Å². The quantitative estimate of drug-likeness (QED) is 0.332. The Labute approximate surface area is 170 Å². The largest absolute Gasteiger partial charge is 0.322 e. The Bertz CT molecular complexity index is 1140. The van der Waals surface area contributed by atoms with Crippen molar-refractivity contribution in [2.75, 3.05) is 10.7 Å². The van der Waals surface area contributed by atoms with E-state index in [4.69, 9.17) is 11.6 Å². The van der Waals surface area contributed by atoms with Gasteiger partial charge in [0.2, 0.25) is 5.13 Å². The summed E-state index contributed by atoms with van der Waals surface area (Å²) in [6.45, 7) is 0. The lowest BCUT2D eigenvalue weighted by Gasteiger charge is -2.07. The number of aromatic nitrogens is 1. The first-order valence-corrected chi connectivity index (χ1v) is 9.69. The van der Waals surface area contributed by atoms with Crippen LogP contribution in [0.25, 0.3) is 10.2 Å². The summed E-state index contributed by atoms with van der Waals surface area (Å²) >= 11 is 7.61. The number of benzene rings is 3. The Hall–Kier alpha value is -3.22. The zero-order valence-electron chi connectivity index (χ0n) is 14.6. The predicted molar refractivity (Wildman–Crippen MR) is 117 cm³/mol. The van der Waals surface area contributed by atoms with Crippen LogP contribution in [0.3, 0.4) is 0 Å². The van der Waals surface area contributed by atoms with Crippen molar-refractivity contribution in [2.45, 2.75) is 0 Å². The zero-order valence-corrected chi connectivity index (χ0v) is 16.2. The number of halogens is 1. The summed E-state index contributed by atoms with van der Waals surface area (Å²) in [4.78, 5) is 16.8. The third-order valence-electron chi connectivity index (χ3n) is 3.93. The minimum Gasteiger partial charge on any atom is -0.322 e. The van der Waals surface area contributed by atoms with Crippen molar-refractivity contribution in [3.63, 3.8) is 0 Å². The summed E-state index contributed by atoms with van der Waals surface area (Å²) in [6, 6.07) is 22.2. The fraction of sp³-hybridized carbons (Fsp3) is 0. The molecule has 5 nitrogen and oxygen atoms in total. The molecular formula is C21H15ClN4OS. The predicted octanol–water partition coefficient (Wildman–Crippen LogP) is 5.65. The van der Waals surface area contributed by atoms with Crippen molar-refractivity contribution in [2.24, 2.45) is 5.10 Å². The van der Waals surface area contributed by atoms with E-state index in [1.807, 2.05) is 48.5 Å². The van der Waals surface area contributed by atoms with Crippen LogP contribution in [-0.4, -0.2) is 17.1 Å². The van der Waals surface area contributed by atoms with Gasteiger partial charge in [-0.25, -0.2) is 4.98 Å². The maximum atomic E-state index is 12.4. The van der Waals surface area contributed by atoms with Crippen molar-refractivity contribution in [3.8, 4) is 0 Å². The van der Waals surface area contributed by atoms with Gasteiger partial charge < -0.3 is 5.32 Å². The summed E-state index contributed by atoms with van der Waals surface area (Å²) in [6.07, 6.45) is 1.68. The molecule has 0 saturated heterocycles. The van der Waals surface area contributed by atoms with Crippen LogP contribution in [-0.2, 0) is 0 Å². The molecule has 0 saturated carbocycles. The summed E-state index contributed by atoms with van der Waals surface area (Å²) in [7, 11) is 0. The van der Waals surface area contributed by atoms with Crippen LogP contribution >= 0.6 is 22.9 Å².